The molecule has 0 spiro atoms. The van der Waals surface area contributed by atoms with Gasteiger partial charge in [-0.05, 0) is 34.1 Å². The number of likely N-dealkylation sites (N-methyl/N-ethyl adjacent to an activating group) is 1. The second-order valence-corrected chi connectivity index (χ2v) is 5.21. The molecule has 0 aliphatic carbocycles. The van der Waals surface area contributed by atoms with Crippen LogP contribution in [0.2, 0.25) is 0 Å². The highest BCUT2D eigenvalue weighted by molar-refractivity contribution is 9.10. The maximum absolute atomic E-state index is 12.2. The molecule has 0 aliphatic rings. The Bertz CT molecular complexity index is 508. The van der Waals surface area contributed by atoms with Gasteiger partial charge < -0.3 is 19.7 Å². The number of methoxy groups -OCH3 is 2. The molecule has 116 valence electrons. The summed E-state index contributed by atoms with van der Waals surface area (Å²) in [6.45, 7) is 0.854. The Morgan fingerprint density at radius 2 is 2.05 bits per heavy atom. The summed E-state index contributed by atoms with van der Waals surface area (Å²) < 4.78 is 10.6. The fourth-order valence-electron chi connectivity index (χ4n) is 1.66. The quantitative estimate of drug-likeness (QED) is 0.745. The minimum atomic E-state index is -0.236. The molecular weight excluding hydrogens is 340 g/mol. The van der Waals surface area contributed by atoms with Gasteiger partial charge in [-0.1, -0.05) is 0 Å². The van der Waals surface area contributed by atoms with Gasteiger partial charge in [0.25, 0.3) is 5.91 Å². The van der Waals surface area contributed by atoms with Crippen LogP contribution in [0, 0.1) is 0 Å². The van der Waals surface area contributed by atoms with Gasteiger partial charge in [-0.25, -0.2) is 0 Å². The number of benzene rings is 1. The van der Waals surface area contributed by atoms with E-state index in [1.807, 2.05) is 0 Å². The number of halogens is 1. The average Bonchev–Trinajstić information content (AvgIpc) is 2.46. The van der Waals surface area contributed by atoms with Crippen LogP contribution in [0.1, 0.15) is 10.4 Å². The van der Waals surface area contributed by atoms with Crippen LogP contribution < -0.4 is 10.1 Å². The standard InChI is InChI=1S/C14H19BrN2O4/c1-17(9-13(18)16-6-7-20-2)14(19)10-4-5-12(21-3)11(15)8-10/h4-5,8H,6-7,9H2,1-3H3,(H,16,18). The van der Waals surface area contributed by atoms with E-state index >= 15 is 0 Å². The Labute approximate surface area is 132 Å². The summed E-state index contributed by atoms with van der Waals surface area (Å²) in [6, 6.07) is 5.02. The average molecular weight is 359 g/mol. The second-order valence-electron chi connectivity index (χ2n) is 4.35. The van der Waals surface area contributed by atoms with E-state index in [1.54, 1.807) is 39.5 Å². The Morgan fingerprint density at radius 1 is 1.33 bits per heavy atom. The maximum atomic E-state index is 12.2. The van der Waals surface area contributed by atoms with Crippen molar-refractivity contribution in [1.82, 2.24) is 10.2 Å². The lowest BCUT2D eigenvalue weighted by molar-refractivity contribution is -0.121. The zero-order valence-electron chi connectivity index (χ0n) is 12.3. The van der Waals surface area contributed by atoms with Crippen LogP contribution in [0.5, 0.6) is 5.75 Å². The van der Waals surface area contributed by atoms with Crippen molar-refractivity contribution < 1.29 is 19.1 Å². The largest absolute Gasteiger partial charge is 0.496 e. The first-order valence-corrected chi connectivity index (χ1v) is 7.13. The first-order valence-electron chi connectivity index (χ1n) is 6.34. The van der Waals surface area contributed by atoms with E-state index in [0.29, 0.717) is 28.9 Å². The summed E-state index contributed by atoms with van der Waals surface area (Å²) in [5.41, 5.74) is 0.481. The number of nitrogens with one attached hydrogen (secondary N) is 1. The van der Waals surface area contributed by atoms with E-state index in [-0.39, 0.29) is 18.4 Å². The van der Waals surface area contributed by atoms with Gasteiger partial charge in [0.2, 0.25) is 5.91 Å². The normalized spacial score (nSPS) is 10.1. The van der Waals surface area contributed by atoms with Crippen molar-refractivity contribution in [3.05, 3.63) is 28.2 Å². The zero-order valence-corrected chi connectivity index (χ0v) is 13.9. The van der Waals surface area contributed by atoms with Gasteiger partial charge >= 0.3 is 0 Å². The number of rotatable bonds is 7. The zero-order chi connectivity index (χ0) is 15.8. The molecule has 21 heavy (non-hydrogen) atoms. The molecular formula is C14H19BrN2O4. The number of ether oxygens (including phenoxy) is 2. The Balaban J connectivity index is 2.61. The molecule has 7 heteroatoms. The first kappa shape index (κ1) is 17.5. The molecule has 0 atom stereocenters. The topological polar surface area (TPSA) is 67.9 Å². The van der Waals surface area contributed by atoms with Crippen LogP contribution in [0.15, 0.2) is 22.7 Å². The Hall–Kier alpha value is -1.60. The van der Waals surface area contributed by atoms with Gasteiger partial charge in [0.15, 0.2) is 0 Å². The van der Waals surface area contributed by atoms with Gasteiger partial charge in [-0.2, -0.15) is 0 Å². The summed E-state index contributed by atoms with van der Waals surface area (Å²) in [4.78, 5) is 25.2. The van der Waals surface area contributed by atoms with Crippen LogP contribution in [0.25, 0.3) is 0 Å². The lowest BCUT2D eigenvalue weighted by Gasteiger charge is -2.17. The van der Waals surface area contributed by atoms with Crippen molar-refractivity contribution in [3.63, 3.8) is 0 Å². The molecule has 0 saturated heterocycles. The minimum Gasteiger partial charge on any atom is -0.496 e. The molecule has 1 aromatic carbocycles. The van der Waals surface area contributed by atoms with Crippen molar-refractivity contribution in [2.45, 2.75) is 0 Å². The van der Waals surface area contributed by atoms with E-state index in [4.69, 9.17) is 9.47 Å². The van der Waals surface area contributed by atoms with Gasteiger partial charge in [0.05, 0.1) is 24.7 Å². The third kappa shape index (κ3) is 5.35. The summed E-state index contributed by atoms with van der Waals surface area (Å²) in [5, 5.41) is 2.66. The highest BCUT2D eigenvalue weighted by atomic mass is 79.9. The number of amides is 2. The molecule has 0 aliphatic heterocycles. The minimum absolute atomic E-state index is 0.00774. The predicted molar refractivity (Wildman–Crippen MR) is 82.5 cm³/mol. The van der Waals surface area contributed by atoms with E-state index in [1.165, 1.54) is 4.90 Å². The van der Waals surface area contributed by atoms with E-state index in [2.05, 4.69) is 21.2 Å². The summed E-state index contributed by atoms with van der Waals surface area (Å²) in [6.07, 6.45) is 0. The number of hydrogen-bond acceptors (Lipinski definition) is 4. The highest BCUT2D eigenvalue weighted by Crippen LogP contribution is 2.25. The molecule has 1 N–H and O–H groups in total. The predicted octanol–water partition coefficient (Wildman–Crippen LogP) is 1.29. The smallest absolute Gasteiger partial charge is 0.254 e. The van der Waals surface area contributed by atoms with Crippen molar-refractivity contribution in [2.75, 3.05) is 41.0 Å². The lowest BCUT2D eigenvalue weighted by Crippen LogP contribution is -2.39. The molecule has 1 rings (SSSR count). The number of carbonyl (C=O) groups excluding carboxylic acids is 2. The van der Waals surface area contributed by atoms with Crippen LogP contribution in [-0.4, -0.2) is 57.7 Å². The SMILES string of the molecule is COCCNC(=O)CN(C)C(=O)c1ccc(OC)c(Br)c1. The number of hydrogen-bond donors (Lipinski definition) is 1. The van der Waals surface area contributed by atoms with Crippen molar-refractivity contribution >= 4 is 27.7 Å². The van der Waals surface area contributed by atoms with Gasteiger partial charge in [0.1, 0.15) is 5.75 Å². The molecule has 6 nitrogen and oxygen atoms in total. The summed E-state index contributed by atoms with van der Waals surface area (Å²) >= 11 is 3.33. The highest BCUT2D eigenvalue weighted by Gasteiger charge is 2.16. The van der Waals surface area contributed by atoms with Crippen LogP contribution in [0.4, 0.5) is 0 Å². The van der Waals surface area contributed by atoms with Gasteiger partial charge in [-0.15, -0.1) is 0 Å². The summed E-state index contributed by atoms with van der Waals surface area (Å²) in [7, 11) is 4.69. The number of nitrogens with zero attached hydrogens (tertiary/aromatic N) is 1. The monoisotopic (exact) mass is 358 g/mol. The third-order valence-corrected chi connectivity index (χ3v) is 3.37. The number of carbonyl (C=O) groups is 2. The fourth-order valence-corrected chi connectivity index (χ4v) is 2.20. The van der Waals surface area contributed by atoms with Crippen molar-refractivity contribution in [3.8, 4) is 5.75 Å². The Morgan fingerprint density at radius 3 is 2.62 bits per heavy atom. The van der Waals surface area contributed by atoms with E-state index in [0.717, 1.165) is 0 Å². The molecule has 0 heterocycles. The molecule has 0 fully saturated rings. The third-order valence-electron chi connectivity index (χ3n) is 2.75. The fraction of sp³-hybridized carbons (Fsp3) is 0.429. The van der Waals surface area contributed by atoms with Gasteiger partial charge in [0, 0.05) is 26.3 Å². The Kier molecular flexibility index (Phi) is 7.18. The maximum Gasteiger partial charge on any atom is 0.254 e. The molecule has 0 bridgehead atoms. The van der Waals surface area contributed by atoms with Crippen LogP contribution in [-0.2, 0) is 9.53 Å². The molecule has 2 amide bonds. The van der Waals surface area contributed by atoms with Crippen LogP contribution >= 0.6 is 15.9 Å². The summed E-state index contributed by atoms with van der Waals surface area (Å²) in [5.74, 6) is 0.183. The molecule has 0 saturated carbocycles. The van der Waals surface area contributed by atoms with E-state index < -0.39 is 0 Å². The van der Waals surface area contributed by atoms with Crippen molar-refractivity contribution in [2.24, 2.45) is 0 Å². The molecule has 0 unspecified atom stereocenters. The van der Waals surface area contributed by atoms with Crippen molar-refractivity contribution in [1.29, 1.82) is 0 Å². The second kappa shape index (κ2) is 8.63. The van der Waals surface area contributed by atoms with Crippen LogP contribution in [0.3, 0.4) is 0 Å². The molecule has 1 aromatic rings. The molecule has 0 radical (unpaired) electrons. The van der Waals surface area contributed by atoms with E-state index in [9.17, 15) is 9.59 Å². The lowest BCUT2D eigenvalue weighted by atomic mass is 10.2. The first-order chi connectivity index (χ1) is 9.99. The molecule has 0 aromatic heterocycles. The van der Waals surface area contributed by atoms with Gasteiger partial charge in [-0.3, -0.25) is 9.59 Å².